The zero-order chi connectivity index (χ0) is 16.4. The molecule has 118 valence electrons. The zero-order valence-electron chi connectivity index (χ0n) is 12.4. The number of nitrogens with one attached hydrogen (secondary N) is 1. The van der Waals surface area contributed by atoms with Gasteiger partial charge in [-0.2, -0.15) is 0 Å². The van der Waals surface area contributed by atoms with E-state index >= 15 is 0 Å². The van der Waals surface area contributed by atoms with E-state index in [-0.39, 0.29) is 17.4 Å². The van der Waals surface area contributed by atoms with Crippen molar-refractivity contribution in [2.45, 2.75) is 6.42 Å². The molecule has 0 aliphatic carbocycles. The molecule has 5 N–H and O–H groups in total. The Bertz CT molecular complexity index is 893. The monoisotopic (exact) mass is 311 g/mol. The number of hydrogen-bond donors (Lipinski definition) is 4. The molecule has 1 aromatic heterocycles. The summed E-state index contributed by atoms with van der Waals surface area (Å²) in [6.07, 6.45) is 0.666. The number of benzene rings is 2. The average Bonchev–Trinajstić information content (AvgIpc) is 2.52. The number of hydrogen-bond acceptors (Lipinski definition) is 5. The molecule has 2 aromatic carbocycles. The lowest BCUT2D eigenvalue weighted by atomic mass is 10.0. The first-order valence-electron chi connectivity index (χ1n) is 7.34. The lowest BCUT2D eigenvalue weighted by Crippen LogP contribution is -2.26. The minimum Gasteiger partial charge on any atom is -0.508 e. The second-order valence-corrected chi connectivity index (χ2v) is 5.26. The fourth-order valence-corrected chi connectivity index (χ4v) is 2.62. The second kappa shape index (κ2) is 6.10. The Morgan fingerprint density at radius 2 is 1.96 bits per heavy atom. The summed E-state index contributed by atoms with van der Waals surface area (Å²) in [5.41, 5.74) is 6.78. The van der Waals surface area contributed by atoms with Crippen LogP contribution in [0.4, 0.5) is 0 Å². The van der Waals surface area contributed by atoms with Crippen molar-refractivity contribution in [1.82, 2.24) is 10.3 Å². The number of nitrogens with two attached hydrogens (primary N) is 1. The predicted molar refractivity (Wildman–Crippen MR) is 88.6 cm³/mol. The number of aromatic hydroxyl groups is 2. The highest BCUT2D eigenvalue weighted by Crippen LogP contribution is 2.35. The number of amides is 1. The molecule has 0 saturated carbocycles. The standard InChI is InChI=1S/C17H17N3O3/c18-6-3-7-19-17(23)15-11-4-1-2-5-12(11)20-13-8-10(21)9-14(22)16(13)15/h1-2,4-5,8-9,21-22H,3,6-7,18H2,(H,19,23). The van der Waals surface area contributed by atoms with Crippen molar-refractivity contribution >= 4 is 27.7 Å². The molecule has 23 heavy (non-hydrogen) atoms. The number of phenolic OH excluding ortho intramolecular Hbond substituents is 2. The summed E-state index contributed by atoms with van der Waals surface area (Å²) in [6, 6.07) is 9.83. The van der Waals surface area contributed by atoms with E-state index in [9.17, 15) is 15.0 Å². The molecule has 0 bridgehead atoms. The normalized spacial score (nSPS) is 11.0. The van der Waals surface area contributed by atoms with Crippen molar-refractivity contribution in [1.29, 1.82) is 0 Å². The highest BCUT2D eigenvalue weighted by atomic mass is 16.3. The van der Waals surface area contributed by atoms with Crippen LogP contribution in [0.25, 0.3) is 21.8 Å². The minimum atomic E-state index is -0.303. The van der Waals surface area contributed by atoms with Crippen LogP contribution < -0.4 is 11.1 Å². The molecule has 0 atom stereocenters. The summed E-state index contributed by atoms with van der Waals surface area (Å²) < 4.78 is 0. The van der Waals surface area contributed by atoms with Crippen molar-refractivity contribution in [2.24, 2.45) is 5.73 Å². The van der Waals surface area contributed by atoms with Gasteiger partial charge in [-0.25, -0.2) is 4.98 Å². The van der Waals surface area contributed by atoms with E-state index in [0.29, 0.717) is 46.9 Å². The quantitative estimate of drug-likeness (QED) is 0.434. The number of para-hydroxylation sites is 1. The van der Waals surface area contributed by atoms with E-state index in [1.165, 1.54) is 12.1 Å². The molecule has 6 nitrogen and oxygen atoms in total. The first kappa shape index (κ1) is 15.1. The molecular weight excluding hydrogens is 294 g/mol. The Labute approximate surface area is 132 Å². The number of carbonyl (C=O) groups excluding carboxylic acids is 1. The first-order chi connectivity index (χ1) is 11.1. The molecule has 0 spiro atoms. The number of fused-ring (bicyclic) bond motifs is 2. The number of aromatic nitrogens is 1. The molecule has 0 fully saturated rings. The molecule has 6 heteroatoms. The van der Waals surface area contributed by atoms with Gasteiger partial charge in [0.1, 0.15) is 11.5 Å². The van der Waals surface area contributed by atoms with Gasteiger partial charge in [0, 0.05) is 24.1 Å². The number of nitrogens with zero attached hydrogens (tertiary/aromatic N) is 1. The summed E-state index contributed by atoms with van der Waals surface area (Å²) in [6.45, 7) is 0.934. The van der Waals surface area contributed by atoms with Gasteiger partial charge in [-0.3, -0.25) is 4.79 Å². The number of phenols is 2. The summed E-state index contributed by atoms with van der Waals surface area (Å²) >= 11 is 0. The molecule has 0 saturated heterocycles. The summed E-state index contributed by atoms with van der Waals surface area (Å²) in [4.78, 5) is 17.1. The van der Waals surface area contributed by atoms with Gasteiger partial charge >= 0.3 is 0 Å². The van der Waals surface area contributed by atoms with Gasteiger partial charge < -0.3 is 21.3 Å². The zero-order valence-corrected chi connectivity index (χ0v) is 12.4. The molecule has 1 amide bonds. The van der Waals surface area contributed by atoms with Crippen LogP contribution in [0.1, 0.15) is 16.8 Å². The van der Waals surface area contributed by atoms with E-state index in [1.54, 1.807) is 12.1 Å². The van der Waals surface area contributed by atoms with E-state index in [4.69, 9.17) is 5.73 Å². The molecular formula is C17H17N3O3. The minimum absolute atomic E-state index is 0.104. The third-order valence-electron chi connectivity index (χ3n) is 3.64. The maximum Gasteiger partial charge on any atom is 0.252 e. The Hall–Kier alpha value is -2.86. The van der Waals surface area contributed by atoms with Crippen LogP contribution in [0.2, 0.25) is 0 Å². The fourth-order valence-electron chi connectivity index (χ4n) is 2.62. The van der Waals surface area contributed by atoms with Gasteiger partial charge in [-0.05, 0) is 19.0 Å². The largest absolute Gasteiger partial charge is 0.508 e. The van der Waals surface area contributed by atoms with Gasteiger partial charge in [-0.15, -0.1) is 0 Å². The Balaban J connectivity index is 2.27. The summed E-state index contributed by atoms with van der Waals surface area (Å²) in [5.74, 6) is -0.586. The lowest BCUT2D eigenvalue weighted by Gasteiger charge is -2.12. The highest BCUT2D eigenvalue weighted by molar-refractivity contribution is 6.17. The number of pyridine rings is 1. The van der Waals surface area contributed by atoms with Crippen molar-refractivity contribution in [3.63, 3.8) is 0 Å². The molecule has 0 unspecified atom stereocenters. The van der Waals surface area contributed by atoms with Gasteiger partial charge in [0.25, 0.3) is 5.91 Å². The van der Waals surface area contributed by atoms with Crippen LogP contribution in [-0.4, -0.2) is 34.2 Å². The lowest BCUT2D eigenvalue weighted by molar-refractivity contribution is 0.0956. The fraction of sp³-hybridized carbons (Fsp3) is 0.176. The predicted octanol–water partition coefficient (Wildman–Crippen LogP) is 1.88. The van der Waals surface area contributed by atoms with Crippen LogP contribution in [0.5, 0.6) is 11.5 Å². The first-order valence-corrected chi connectivity index (χ1v) is 7.34. The highest BCUT2D eigenvalue weighted by Gasteiger charge is 2.19. The smallest absolute Gasteiger partial charge is 0.252 e. The van der Waals surface area contributed by atoms with Crippen molar-refractivity contribution < 1.29 is 15.0 Å². The summed E-state index contributed by atoms with van der Waals surface area (Å²) in [5, 5.41) is 23.7. The number of rotatable bonds is 4. The van der Waals surface area contributed by atoms with Gasteiger partial charge in [0.15, 0.2) is 0 Å². The molecule has 0 aliphatic heterocycles. The average molecular weight is 311 g/mol. The van der Waals surface area contributed by atoms with E-state index < -0.39 is 0 Å². The Morgan fingerprint density at radius 3 is 2.74 bits per heavy atom. The van der Waals surface area contributed by atoms with Gasteiger partial charge in [0.05, 0.1) is 22.0 Å². The molecule has 3 rings (SSSR count). The molecule has 3 aromatic rings. The Kier molecular flexibility index (Phi) is 3.99. The van der Waals surface area contributed by atoms with Crippen LogP contribution in [0.15, 0.2) is 36.4 Å². The van der Waals surface area contributed by atoms with Gasteiger partial charge in [-0.1, -0.05) is 18.2 Å². The van der Waals surface area contributed by atoms with Crippen LogP contribution in [0, 0.1) is 0 Å². The maximum atomic E-state index is 12.6. The van der Waals surface area contributed by atoms with Crippen molar-refractivity contribution in [3.8, 4) is 11.5 Å². The van der Waals surface area contributed by atoms with E-state index in [1.807, 2.05) is 12.1 Å². The molecule has 1 heterocycles. The van der Waals surface area contributed by atoms with Crippen molar-refractivity contribution in [2.75, 3.05) is 13.1 Å². The Morgan fingerprint density at radius 1 is 1.17 bits per heavy atom. The third-order valence-corrected chi connectivity index (χ3v) is 3.64. The van der Waals surface area contributed by atoms with Crippen LogP contribution in [0.3, 0.4) is 0 Å². The van der Waals surface area contributed by atoms with Crippen LogP contribution >= 0.6 is 0 Å². The van der Waals surface area contributed by atoms with E-state index in [0.717, 1.165) is 0 Å². The molecule has 0 radical (unpaired) electrons. The second-order valence-electron chi connectivity index (χ2n) is 5.26. The summed E-state index contributed by atoms with van der Waals surface area (Å²) in [7, 11) is 0. The topological polar surface area (TPSA) is 108 Å². The van der Waals surface area contributed by atoms with Crippen molar-refractivity contribution in [3.05, 3.63) is 42.0 Å². The van der Waals surface area contributed by atoms with E-state index in [2.05, 4.69) is 10.3 Å². The third kappa shape index (κ3) is 2.76. The van der Waals surface area contributed by atoms with Crippen LogP contribution in [-0.2, 0) is 0 Å². The van der Waals surface area contributed by atoms with Gasteiger partial charge in [0.2, 0.25) is 0 Å². The number of carbonyl (C=O) groups is 1. The maximum absolute atomic E-state index is 12.6. The molecule has 0 aliphatic rings. The SMILES string of the molecule is NCCCNC(=O)c1c2ccccc2nc2cc(O)cc(O)c12.